The normalized spacial score (nSPS) is 14.8. The van der Waals surface area contributed by atoms with Crippen LogP contribution in [-0.4, -0.2) is 73.4 Å². The van der Waals surface area contributed by atoms with Crippen LogP contribution in [0.5, 0.6) is 0 Å². The van der Waals surface area contributed by atoms with Crippen LogP contribution in [0.2, 0.25) is 0 Å². The van der Waals surface area contributed by atoms with Crippen LogP contribution in [0.4, 0.5) is 0 Å². The summed E-state index contributed by atoms with van der Waals surface area (Å²) in [5, 5.41) is 13.8. The van der Waals surface area contributed by atoms with Gasteiger partial charge >= 0.3 is 7.82 Å². The number of amides is 1. The average molecular weight is 650 g/mol. The number of phosphoric acid groups is 1. The van der Waals surface area contributed by atoms with Crippen molar-refractivity contribution in [2.75, 3.05) is 40.9 Å². The van der Waals surface area contributed by atoms with E-state index in [1.54, 1.807) is 0 Å². The molecule has 0 aliphatic rings. The van der Waals surface area contributed by atoms with Crippen LogP contribution >= 0.6 is 7.82 Å². The summed E-state index contributed by atoms with van der Waals surface area (Å²) in [6.07, 6.45) is 26.9. The minimum atomic E-state index is -4.29. The van der Waals surface area contributed by atoms with Gasteiger partial charge in [0.05, 0.1) is 39.9 Å². The Labute approximate surface area is 272 Å². The number of quaternary nitrogens is 1. The highest BCUT2D eigenvalue weighted by Gasteiger charge is 2.28. The van der Waals surface area contributed by atoms with Gasteiger partial charge in [-0.15, -0.1) is 0 Å². The number of hydrogen-bond donors (Lipinski definition) is 3. The topological polar surface area (TPSA) is 105 Å². The molecule has 0 radical (unpaired) electrons. The third kappa shape index (κ3) is 30.2. The minimum Gasteiger partial charge on any atom is -0.391 e. The number of carbonyl (C=O) groups excluding carboxylic acids is 1. The highest BCUT2D eigenvalue weighted by Crippen LogP contribution is 2.43. The lowest BCUT2D eigenvalue weighted by Gasteiger charge is -2.26. The quantitative estimate of drug-likeness (QED) is 0.0372. The number of hydrogen-bond acceptors (Lipinski definition) is 5. The van der Waals surface area contributed by atoms with Gasteiger partial charge in [-0.05, 0) is 12.8 Å². The van der Waals surface area contributed by atoms with Crippen molar-refractivity contribution < 1.29 is 32.9 Å². The number of nitrogens with zero attached hydrogens (tertiary/aromatic N) is 1. The highest BCUT2D eigenvalue weighted by atomic mass is 31.2. The molecule has 1 amide bonds. The largest absolute Gasteiger partial charge is 0.472 e. The number of nitrogens with one attached hydrogen (secondary N) is 1. The van der Waals surface area contributed by atoms with Crippen LogP contribution in [-0.2, 0) is 18.4 Å². The van der Waals surface area contributed by atoms with Gasteiger partial charge < -0.3 is 19.8 Å². The van der Waals surface area contributed by atoms with E-state index in [9.17, 15) is 19.4 Å². The standard InChI is InChI=1S/C35H73N2O6P/c1-6-8-10-12-14-16-17-18-19-21-22-24-26-28-34(38)33(32-43-44(40,41)42-31-30-37(3,4)5)36-35(39)29-27-25-23-20-15-13-11-9-7-2/h33-34,38H,6-32H2,1-5H3,(H-,36,39,40,41)/p+1/t33-,34+/m0/s1. The average Bonchev–Trinajstić information content (AvgIpc) is 2.95. The lowest BCUT2D eigenvalue weighted by molar-refractivity contribution is -0.870. The molecule has 3 N–H and O–H groups in total. The Kier molecular flexibility index (Phi) is 28.4. The Hall–Kier alpha value is -0.500. The summed E-state index contributed by atoms with van der Waals surface area (Å²) in [7, 11) is 1.62. The molecule has 0 aliphatic heterocycles. The number of unbranched alkanes of at least 4 members (excludes halogenated alkanes) is 20. The fourth-order valence-electron chi connectivity index (χ4n) is 5.34. The van der Waals surface area contributed by atoms with Crippen molar-refractivity contribution in [3.05, 3.63) is 0 Å². The van der Waals surface area contributed by atoms with E-state index in [-0.39, 0.29) is 19.1 Å². The van der Waals surface area contributed by atoms with Crippen molar-refractivity contribution in [3.8, 4) is 0 Å². The number of carbonyl (C=O) groups is 1. The first-order chi connectivity index (χ1) is 21.0. The molecule has 9 heteroatoms. The second-order valence-electron chi connectivity index (χ2n) is 14.0. The van der Waals surface area contributed by atoms with Crippen LogP contribution in [0, 0.1) is 0 Å². The lowest BCUT2D eigenvalue weighted by atomic mass is 10.0. The molecule has 0 spiro atoms. The van der Waals surface area contributed by atoms with Gasteiger partial charge in [0, 0.05) is 6.42 Å². The van der Waals surface area contributed by atoms with Gasteiger partial charge in [0.2, 0.25) is 5.91 Å². The van der Waals surface area contributed by atoms with Gasteiger partial charge in [-0.1, -0.05) is 149 Å². The first-order valence-electron chi connectivity index (χ1n) is 18.4. The molecule has 0 aromatic heterocycles. The van der Waals surface area contributed by atoms with E-state index in [2.05, 4.69) is 19.2 Å². The monoisotopic (exact) mass is 650 g/mol. The van der Waals surface area contributed by atoms with Crippen molar-refractivity contribution in [1.29, 1.82) is 0 Å². The van der Waals surface area contributed by atoms with Crippen LogP contribution < -0.4 is 5.32 Å². The summed E-state index contributed by atoms with van der Waals surface area (Å²) in [4.78, 5) is 22.9. The van der Waals surface area contributed by atoms with E-state index in [1.165, 1.54) is 103 Å². The summed E-state index contributed by atoms with van der Waals surface area (Å²) in [6, 6.07) is -0.749. The molecule has 0 aromatic carbocycles. The summed E-state index contributed by atoms with van der Waals surface area (Å²) >= 11 is 0. The van der Waals surface area contributed by atoms with E-state index in [4.69, 9.17) is 9.05 Å². The molecule has 0 rings (SSSR count). The molecular weight excluding hydrogens is 575 g/mol. The molecule has 8 nitrogen and oxygen atoms in total. The highest BCUT2D eigenvalue weighted by molar-refractivity contribution is 7.47. The van der Waals surface area contributed by atoms with Crippen molar-refractivity contribution >= 4 is 13.7 Å². The SMILES string of the molecule is CCCCCCCCCCCCCCC[C@@H](O)[C@H](COP(=O)(O)OCC[N+](C)(C)C)NC(=O)CCCCCCCCCCC. The second-order valence-corrected chi connectivity index (χ2v) is 15.4. The summed E-state index contributed by atoms with van der Waals surface area (Å²) in [5.74, 6) is -0.148. The number of likely N-dealkylation sites (N-methyl/N-ethyl adjacent to an activating group) is 1. The molecular formula is C35H74N2O6P+. The van der Waals surface area contributed by atoms with Gasteiger partial charge in [0.25, 0.3) is 0 Å². The van der Waals surface area contributed by atoms with E-state index < -0.39 is 20.0 Å². The van der Waals surface area contributed by atoms with Crippen molar-refractivity contribution in [2.24, 2.45) is 0 Å². The third-order valence-corrected chi connectivity index (χ3v) is 9.34. The summed E-state index contributed by atoms with van der Waals surface area (Å²) < 4.78 is 23.4. The smallest absolute Gasteiger partial charge is 0.391 e. The Morgan fingerprint density at radius 2 is 1.09 bits per heavy atom. The molecule has 3 atom stereocenters. The van der Waals surface area contributed by atoms with Crippen molar-refractivity contribution in [3.63, 3.8) is 0 Å². The number of rotatable bonds is 33. The van der Waals surface area contributed by atoms with E-state index in [0.29, 0.717) is 23.9 Å². The van der Waals surface area contributed by atoms with Gasteiger partial charge in [-0.3, -0.25) is 13.8 Å². The van der Waals surface area contributed by atoms with Crippen LogP contribution in [0.1, 0.15) is 168 Å². The van der Waals surface area contributed by atoms with Crippen LogP contribution in [0.25, 0.3) is 0 Å². The maximum atomic E-state index is 12.7. The zero-order valence-corrected chi connectivity index (χ0v) is 30.6. The fraction of sp³-hybridized carbons (Fsp3) is 0.971. The van der Waals surface area contributed by atoms with Crippen molar-refractivity contribution in [1.82, 2.24) is 5.32 Å². The van der Waals surface area contributed by atoms with Crippen LogP contribution in [0.3, 0.4) is 0 Å². The first-order valence-corrected chi connectivity index (χ1v) is 19.9. The van der Waals surface area contributed by atoms with Crippen molar-refractivity contribution in [2.45, 2.75) is 180 Å². The Balaban J connectivity index is 4.47. The minimum absolute atomic E-state index is 0.0778. The number of aliphatic hydroxyl groups excluding tert-OH is 1. The molecule has 264 valence electrons. The maximum Gasteiger partial charge on any atom is 0.472 e. The molecule has 0 fully saturated rings. The third-order valence-electron chi connectivity index (χ3n) is 8.36. The molecule has 0 saturated heterocycles. The fourth-order valence-corrected chi connectivity index (χ4v) is 6.07. The Morgan fingerprint density at radius 3 is 1.52 bits per heavy atom. The first kappa shape index (κ1) is 43.5. The maximum absolute atomic E-state index is 12.7. The Bertz CT molecular complexity index is 703. The van der Waals surface area contributed by atoms with Gasteiger partial charge in [0.1, 0.15) is 13.2 Å². The van der Waals surface area contributed by atoms with Gasteiger partial charge in [-0.2, -0.15) is 0 Å². The lowest BCUT2D eigenvalue weighted by Crippen LogP contribution is -2.46. The molecule has 0 heterocycles. The summed E-state index contributed by atoms with van der Waals surface area (Å²) in [5.41, 5.74) is 0. The van der Waals surface area contributed by atoms with Gasteiger partial charge in [-0.25, -0.2) is 4.57 Å². The second kappa shape index (κ2) is 28.7. The van der Waals surface area contributed by atoms with Gasteiger partial charge in [0.15, 0.2) is 0 Å². The molecule has 1 unspecified atom stereocenters. The number of phosphoric ester groups is 1. The van der Waals surface area contributed by atoms with E-state index in [0.717, 1.165) is 38.5 Å². The van der Waals surface area contributed by atoms with Crippen LogP contribution in [0.15, 0.2) is 0 Å². The molecule has 0 aromatic rings. The predicted octanol–water partition coefficient (Wildman–Crippen LogP) is 9.07. The number of aliphatic hydroxyl groups is 1. The molecule has 0 bridgehead atoms. The Morgan fingerprint density at radius 1 is 0.682 bits per heavy atom. The molecule has 44 heavy (non-hydrogen) atoms. The summed E-state index contributed by atoms with van der Waals surface area (Å²) in [6.45, 7) is 4.85. The predicted molar refractivity (Wildman–Crippen MR) is 185 cm³/mol. The zero-order chi connectivity index (χ0) is 32.9. The molecule has 0 saturated carbocycles. The zero-order valence-electron chi connectivity index (χ0n) is 29.7. The van der Waals surface area contributed by atoms with E-state index >= 15 is 0 Å². The van der Waals surface area contributed by atoms with E-state index in [1.807, 2.05) is 21.1 Å². The molecule has 0 aliphatic carbocycles.